The molecule has 0 aliphatic carbocycles. The number of furan rings is 1. The predicted molar refractivity (Wildman–Crippen MR) is 201 cm³/mol. The molecule has 4 heterocycles. The number of rotatable bonds is 5. The molecule has 0 saturated heterocycles. The van der Waals surface area contributed by atoms with Gasteiger partial charge in [-0.1, -0.05) is 108 Å². The Morgan fingerprint density at radius 2 is 1.57 bits per heavy atom. The van der Waals surface area contributed by atoms with Gasteiger partial charge in [0.25, 0.3) is 0 Å². The van der Waals surface area contributed by atoms with Crippen LogP contribution in [0.2, 0.25) is 19.6 Å². The van der Waals surface area contributed by atoms with Crippen molar-refractivity contribution in [3.8, 4) is 33.9 Å². The molecule has 0 N–H and O–H groups in total. The Morgan fingerprint density at radius 1 is 0.837 bits per heavy atom. The van der Waals surface area contributed by atoms with Crippen LogP contribution in [0.25, 0.3) is 55.8 Å². The van der Waals surface area contributed by atoms with Gasteiger partial charge in [-0.05, 0) is 34.7 Å². The zero-order chi connectivity index (χ0) is 35.0. The van der Waals surface area contributed by atoms with E-state index in [4.69, 9.17) is 10.8 Å². The first-order chi connectivity index (χ1) is 23.2. The molecule has 251 valence electrons. The second-order valence-corrected chi connectivity index (χ2v) is 19.3. The van der Waals surface area contributed by atoms with E-state index in [1.807, 2.05) is 74.6 Å². The standard InChI is InChI=1S/C25H21N2OSi.C17H21N2.Ir/c1-29(2,3)22-16-21-23(24(27-22)17-10-5-4-6-11-17)19-13-9-12-18(25(19)28-21)20-14-7-8-15-26-20;1-12(2)15-14(17(3,4)5)11-18-16(19-15)13-9-7-6-8-10-13;/h4-11,13-16H,1-3H3;6-9,11-12H,1-5H3;/q2*-1;/i;12D;. The second-order valence-electron chi connectivity index (χ2n) is 14.2. The molecule has 0 aliphatic rings. The minimum Gasteiger partial charge on any atom is -0.500 e. The quantitative estimate of drug-likeness (QED) is 0.128. The molecule has 3 aromatic carbocycles. The van der Waals surface area contributed by atoms with Crippen LogP contribution in [0.15, 0.2) is 108 Å². The van der Waals surface area contributed by atoms with E-state index in [1.54, 1.807) is 6.20 Å². The minimum absolute atomic E-state index is 0. The fraction of sp³-hybridized carbons (Fsp3) is 0.238. The summed E-state index contributed by atoms with van der Waals surface area (Å²) in [4.78, 5) is 18.8. The van der Waals surface area contributed by atoms with Crippen LogP contribution >= 0.6 is 0 Å². The Hall–Kier alpha value is -4.29. The molecule has 7 aromatic rings. The number of aromatic nitrogens is 4. The van der Waals surface area contributed by atoms with E-state index in [-0.39, 0.29) is 25.5 Å². The number of hydrogen-bond donors (Lipinski definition) is 0. The van der Waals surface area contributed by atoms with E-state index in [9.17, 15) is 0 Å². The summed E-state index contributed by atoms with van der Waals surface area (Å²) in [7, 11) is -1.63. The first kappa shape index (κ1) is 34.6. The summed E-state index contributed by atoms with van der Waals surface area (Å²) in [6.45, 7) is 17.0. The van der Waals surface area contributed by atoms with Gasteiger partial charge in [0.05, 0.1) is 17.1 Å². The van der Waals surface area contributed by atoms with Gasteiger partial charge in [-0.3, -0.25) is 15.0 Å². The molecule has 0 spiro atoms. The summed E-state index contributed by atoms with van der Waals surface area (Å²) in [6.07, 6.45) is 3.65. The first-order valence-corrected chi connectivity index (χ1v) is 19.8. The molecule has 0 saturated carbocycles. The van der Waals surface area contributed by atoms with Gasteiger partial charge in [0.2, 0.25) is 0 Å². The third kappa shape index (κ3) is 7.80. The molecule has 1 radical (unpaired) electrons. The number of pyridine rings is 2. The summed E-state index contributed by atoms with van der Waals surface area (Å²) in [5.74, 6) is -0.122. The fourth-order valence-electron chi connectivity index (χ4n) is 5.62. The van der Waals surface area contributed by atoms with Crippen molar-refractivity contribution in [3.05, 3.63) is 127 Å². The number of fused-ring (bicyclic) bond motifs is 3. The molecule has 0 atom stereocenters. The normalized spacial score (nSPS) is 12.2. The van der Waals surface area contributed by atoms with E-state index in [0.717, 1.165) is 66.6 Å². The molecule has 0 fully saturated rings. The van der Waals surface area contributed by atoms with Crippen LogP contribution in [0, 0.1) is 12.1 Å². The molecule has 7 heteroatoms. The topological polar surface area (TPSA) is 64.7 Å². The third-order valence-corrected chi connectivity index (χ3v) is 9.96. The SMILES string of the molecule is C[Si](C)(C)c1cc2oc3c(-c4ccccn4)[c-]ccc3c2c(-c2ccccc2)n1.[2H]C(C)(C)c1nc(-c2[c-]cccc2)ncc1C(C)(C)C.[Ir]. The van der Waals surface area contributed by atoms with Gasteiger partial charge >= 0.3 is 0 Å². The second kappa shape index (κ2) is 14.7. The molecule has 0 aliphatic heterocycles. The fourth-order valence-corrected chi connectivity index (χ4v) is 6.63. The van der Waals surface area contributed by atoms with Gasteiger partial charge in [-0.25, -0.2) is 0 Å². The van der Waals surface area contributed by atoms with Crippen LogP contribution in [0.5, 0.6) is 0 Å². The van der Waals surface area contributed by atoms with Gasteiger partial charge in [0.1, 0.15) is 13.7 Å². The van der Waals surface area contributed by atoms with Crippen molar-refractivity contribution in [2.24, 2.45) is 0 Å². The van der Waals surface area contributed by atoms with Crippen molar-refractivity contribution in [2.45, 2.75) is 65.6 Å². The van der Waals surface area contributed by atoms with Gasteiger partial charge < -0.3 is 9.40 Å². The molecule has 0 bridgehead atoms. The van der Waals surface area contributed by atoms with Gasteiger partial charge in [0.15, 0.2) is 0 Å². The molecule has 0 unspecified atom stereocenters. The molecule has 49 heavy (non-hydrogen) atoms. The maximum Gasteiger partial charge on any atom is 0.124 e. The maximum absolute atomic E-state index is 8.35. The first-order valence-electron chi connectivity index (χ1n) is 16.8. The van der Waals surface area contributed by atoms with Crippen molar-refractivity contribution in [1.82, 2.24) is 19.9 Å². The van der Waals surface area contributed by atoms with Gasteiger partial charge in [0, 0.05) is 55.8 Å². The maximum atomic E-state index is 8.35. The van der Waals surface area contributed by atoms with E-state index < -0.39 is 14.0 Å². The molecule has 0 amide bonds. The van der Waals surface area contributed by atoms with Crippen LogP contribution in [0.1, 0.15) is 53.1 Å². The van der Waals surface area contributed by atoms with Crippen molar-refractivity contribution in [1.29, 1.82) is 0 Å². The van der Waals surface area contributed by atoms with Crippen LogP contribution in [0.4, 0.5) is 0 Å². The summed E-state index contributed by atoms with van der Waals surface area (Å²) in [5, 5.41) is 3.25. The van der Waals surface area contributed by atoms with Crippen molar-refractivity contribution in [3.63, 3.8) is 0 Å². The summed E-state index contributed by atoms with van der Waals surface area (Å²) < 4.78 is 14.8. The van der Waals surface area contributed by atoms with Crippen LogP contribution in [-0.4, -0.2) is 28.0 Å². The Bertz CT molecular complexity index is 2220. The summed E-state index contributed by atoms with van der Waals surface area (Å²) in [5.41, 5.74) is 8.11. The number of nitrogens with zero attached hydrogens (tertiary/aromatic N) is 4. The Labute approximate surface area is 306 Å². The van der Waals surface area contributed by atoms with Crippen molar-refractivity contribution >= 4 is 35.3 Å². The van der Waals surface area contributed by atoms with Gasteiger partial charge in [-0.2, -0.15) is 0 Å². The minimum atomic E-state index is -1.63. The van der Waals surface area contributed by atoms with E-state index in [1.165, 1.54) is 0 Å². The monoisotopic (exact) mass is 840 g/mol. The number of hydrogen-bond acceptors (Lipinski definition) is 5. The molecular weight excluding hydrogens is 797 g/mol. The van der Waals surface area contributed by atoms with Crippen LogP contribution in [-0.2, 0) is 25.5 Å². The predicted octanol–water partition coefficient (Wildman–Crippen LogP) is 10.4. The van der Waals surface area contributed by atoms with E-state index in [0.29, 0.717) is 5.82 Å². The van der Waals surface area contributed by atoms with Crippen LogP contribution < -0.4 is 5.32 Å². The summed E-state index contributed by atoms with van der Waals surface area (Å²) >= 11 is 0. The largest absolute Gasteiger partial charge is 0.500 e. The van der Waals surface area contributed by atoms with E-state index in [2.05, 4.69) is 104 Å². The third-order valence-electron chi connectivity index (χ3n) is 8.17. The average Bonchev–Trinajstić information content (AvgIpc) is 3.47. The zero-order valence-electron chi connectivity index (χ0n) is 30.3. The molecular formula is C42H42IrN4OSi-2. The van der Waals surface area contributed by atoms with Crippen LogP contribution in [0.3, 0.4) is 0 Å². The smallest absolute Gasteiger partial charge is 0.124 e. The van der Waals surface area contributed by atoms with E-state index >= 15 is 0 Å². The molecule has 4 aromatic heterocycles. The summed E-state index contributed by atoms with van der Waals surface area (Å²) in [6, 6.07) is 36.5. The Morgan fingerprint density at radius 3 is 2.20 bits per heavy atom. The molecule has 7 rings (SSSR count). The zero-order valence-corrected chi connectivity index (χ0v) is 32.7. The number of benzene rings is 3. The van der Waals surface area contributed by atoms with Crippen molar-refractivity contribution < 1.29 is 25.9 Å². The van der Waals surface area contributed by atoms with Gasteiger partial charge in [-0.15, -0.1) is 54.1 Å². The Kier molecular flexibility index (Phi) is 10.4. The average molecular weight is 840 g/mol. The Balaban J connectivity index is 0.000000204. The molecule has 5 nitrogen and oxygen atoms in total. The van der Waals surface area contributed by atoms with Crippen molar-refractivity contribution in [2.75, 3.05) is 0 Å².